The summed E-state index contributed by atoms with van der Waals surface area (Å²) in [6.07, 6.45) is 0.677. The molecule has 1 heterocycles. The Labute approximate surface area is 172 Å². The number of hydrogen-bond acceptors (Lipinski definition) is 4. The van der Waals surface area contributed by atoms with Crippen molar-refractivity contribution in [3.05, 3.63) is 77.6 Å². The van der Waals surface area contributed by atoms with Crippen molar-refractivity contribution in [1.82, 2.24) is 0 Å². The number of hydrogen-bond donors (Lipinski definition) is 0. The minimum absolute atomic E-state index is 0.0803. The molecule has 0 aromatic heterocycles. The molecule has 0 N–H and O–H groups in total. The number of benzene rings is 3. The summed E-state index contributed by atoms with van der Waals surface area (Å²) in [5, 5.41) is 1.83. The second kappa shape index (κ2) is 8.66. The highest BCUT2D eigenvalue weighted by Gasteiger charge is 2.29. The number of halogens is 1. The van der Waals surface area contributed by atoms with Crippen LogP contribution in [0.15, 0.2) is 65.7 Å². The van der Waals surface area contributed by atoms with Crippen LogP contribution in [0.4, 0.5) is 9.18 Å². The van der Waals surface area contributed by atoms with E-state index in [0.29, 0.717) is 30.2 Å². The fraction of sp³-hybridized carbons (Fsp3) is 0.217. The molecule has 148 valence electrons. The topological polar surface area (TPSA) is 47.9 Å². The standard InChI is InChI=1S/C23H20FNO3S/c1-2-27-22-21(29-23(26)25-22)12-15-7-8-17-13-19(10-9-16(17)11-15)28-14-18-5-3-4-6-20(18)24/h3-11,13,21H,2,12,14H2,1H3. The third-order valence-corrected chi connectivity index (χ3v) is 5.61. The zero-order valence-electron chi connectivity index (χ0n) is 15.9. The number of fused-ring (bicyclic) bond motifs is 1. The fourth-order valence-corrected chi connectivity index (χ4v) is 4.13. The molecule has 6 heteroatoms. The van der Waals surface area contributed by atoms with Crippen LogP contribution in [-0.2, 0) is 17.8 Å². The van der Waals surface area contributed by atoms with Crippen molar-refractivity contribution < 1.29 is 18.7 Å². The van der Waals surface area contributed by atoms with Crippen LogP contribution in [0, 0.1) is 5.82 Å². The Kier molecular flexibility index (Phi) is 5.81. The monoisotopic (exact) mass is 409 g/mol. The maximum atomic E-state index is 13.7. The first-order valence-corrected chi connectivity index (χ1v) is 10.3. The molecule has 3 aromatic carbocycles. The van der Waals surface area contributed by atoms with Crippen molar-refractivity contribution in [2.75, 3.05) is 6.61 Å². The fourth-order valence-electron chi connectivity index (χ4n) is 3.24. The number of aliphatic imine (C=N–C) groups is 1. The number of nitrogens with zero attached hydrogens (tertiary/aromatic N) is 1. The van der Waals surface area contributed by atoms with Crippen LogP contribution in [-0.4, -0.2) is 23.0 Å². The highest BCUT2D eigenvalue weighted by atomic mass is 32.2. The van der Waals surface area contributed by atoms with Crippen LogP contribution >= 0.6 is 11.8 Å². The smallest absolute Gasteiger partial charge is 0.308 e. The van der Waals surface area contributed by atoms with Crippen molar-refractivity contribution in [3.8, 4) is 5.75 Å². The van der Waals surface area contributed by atoms with Crippen LogP contribution < -0.4 is 4.74 Å². The molecule has 4 nitrogen and oxygen atoms in total. The van der Waals surface area contributed by atoms with Gasteiger partial charge in [0.05, 0.1) is 11.9 Å². The van der Waals surface area contributed by atoms with E-state index in [2.05, 4.69) is 11.1 Å². The molecule has 1 unspecified atom stereocenters. The zero-order chi connectivity index (χ0) is 20.2. The molecule has 1 amide bonds. The molecule has 1 aliphatic rings. The molecular weight excluding hydrogens is 389 g/mol. The second-order valence-electron chi connectivity index (χ2n) is 6.68. The highest BCUT2D eigenvalue weighted by molar-refractivity contribution is 8.15. The third kappa shape index (κ3) is 4.59. The van der Waals surface area contributed by atoms with Crippen molar-refractivity contribution in [2.24, 2.45) is 4.99 Å². The van der Waals surface area contributed by atoms with Crippen molar-refractivity contribution in [1.29, 1.82) is 0 Å². The minimum atomic E-state index is -0.267. The minimum Gasteiger partial charge on any atom is -0.489 e. The molecule has 3 aromatic rings. The quantitative estimate of drug-likeness (QED) is 0.518. The predicted molar refractivity (Wildman–Crippen MR) is 114 cm³/mol. The summed E-state index contributed by atoms with van der Waals surface area (Å²) in [5.41, 5.74) is 1.63. The molecule has 29 heavy (non-hydrogen) atoms. The van der Waals surface area contributed by atoms with Crippen LogP contribution in [0.5, 0.6) is 5.75 Å². The van der Waals surface area contributed by atoms with Gasteiger partial charge in [0.15, 0.2) is 0 Å². The largest absolute Gasteiger partial charge is 0.489 e. The Morgan fingerprint density at radius 2 is 1.83 bits per heavy atom. The average Bonchev–Trinajstić information content (AvgIpc) is 3.06. The van der Waals surface area contributed by atoms with Crippen LogP contribution in [0.3, 0.4) is 0 Å². The molecule has 0 spiro atoms. The first-order valence-electron chi connectivity index (χ1n) is 9.43. The molecule has 0 saturated carbocycles. The van der Waals surface area contributed by atoms with Crippen molar-refractivity contribution in [3.63, 3.8) is 0 Å². The van der Waals surface area contributed by atoms with E-state index in [0.717, 1.165) is 16.3 Å². The summed E-state index contributed by atoms with van der Waals surface area (Å²) < 4.78 is 25.0. The van der Waals surface area contributed by atoms with E-state index < -0.39 is 0 Å². The van der Waals surface area contributed by atoms with Gasteiger partial charge in [-0.3, -0.25) is 4.79 Å². The lowest BCUT2D eigenvalue weighted by Crippen LogP contribution is -2.19. The summed E-state index contributed by atoms with van der Waals surface area (Å²) in [5.74, 6) is 0.937. The van der Waals surface area contributed by atoms with Gasteiger partial charge in [-0.1, -0.05) is 42.5 Å². The molecule has 4 rings (SSSR count). The van der Waals surface area contributed by atoms with Gasteiger partial charge in [-0.2, -0.15) is 4.99 Å². The van der Waals surface area contributed by atoms with Gasteiger partial charge in [0.2, 0.25) is 5.90 Å². The molecule has 0 saturated heterocycles. The second-order valence-corrected chi connectivity index (χ2v) is 7.84. The molecule has 1 aliphatic heterocycles. The average molecular weight is 409 g/mol. The van der Waals surface area contributed by atoms with Crippen molar-refractivity contribution in [2.45, 2.75) is 25.2 Å². The van der Waals surface area contributed by atoms with E-state index in [9.17, 15) is 9.18 Å². The molecule has 0 fully saturated rings. The molecule has 0 bridgehead atoms. The lowest BCUT2D eigenvalue weighted by atomic mass is 10.0. The maximum absolute atomic E-state index is 13.7. The van der Waals surface area contributed by atoms with Gasteiger partial charge in [0.25, 0.3) is 0 Å². The van der Waals surface area contributed by atoms with E-state index in [-0.39, 0.29) is 22.9 Å². The van der Waals surface area contributed by atoms with Crippen LogP contribution in [0.1, 0.15) is 18.1 Å². The maximum Gasteiger partial charge on any atom is 0.308 e. The number of carbonyl (C=O) groups excluding carboxylic acids is 1. The van der Waals surface area contributed by atoms with Gasteiger partial charge >= 0.3 is 5.24 Å². The molecule has 0 radical (unpaired) electrons. The van der Waals surface area contributed by atoms with Crippen molar-refractivity contribution >= 4 is 33.7 Å². The number of thioether (sulfide) groups is 1. The summed E-state index contributed by atoms with van der Waals surface area (Å²) in [7, 11) is 0. The SMILES string of the molecule is CCOC1=NC(=O)SC1Cc1ccc2cc(OCc3ccccc3F)ccc2c1. The van der Waals surface area contributed by atoms with Crippen LogP contribution in [0.2, 0.25) is 0 Å². The van der Waals surface area contributed by atoms with E-state index >= 15 is 0 Å². The highest BCUT2D eigenvalue weighted by Crippen LogP contribution is 2.29. The summed E-state index contributed by atoms with van der Waals surface area (Å²) >= 11 is 1.20. The van der Waals surface area contributed by atoms with Gasteiger partial charge < -0.3 is 9.47 Å². The summed E-state index contributed by atoms with van der Waals surface area (Å²) in [4.78, 5) is 15.6. The van der Waals surface area contributed by atoms with E-state index in [1.165, 1.54) is 17.8 Å². The number of amides is 1. The van der Waals surface area contributed by atoms with Gasteiger partial charge in [-0.15, -0.1) is 0 Å². The number of rotatable bonds is 6. The normalized spacial score (nSPS) is 16.1. The summed E-state index contributed by atoms with van der Waals surface area (Å²) in [6.45, 7) is 2.56. The number of carbonyl (C=O) groups is 1. The first-order chi connectivity index (χ1) is 14.1. The Morgan fingerprint density at radius 1 is 1.03 bits per heavy atom. The van der Waals surface area contributed by atoms with Gasteiger partial charge in [0, 0.05) is 5.56 Å². The zero-order valence-corrected chi connectivity index (χ0v) is 16.7. The van der Waals surface area contributed by atoms with Gasteiger partial charge in [-0.05, 0) is 59.6 Å². The van der Waals surface area contributed by atoms with Crippen LogP contribution in [0.25, 0.3) is 10.8 Å². The van der Waals surface area contributed by atoms with Gasteiger partial charge in [-0.25, -0.2) is 4.39 Å². The lowest BCUT2D eigenvalue weighted by Gasteiger charge is -2.12. The van der Waals surface area contributed by atoms with E-state index in [1.54, 1.807) is 18.2 Å². The predicted octanol–water partition coefficient (Wildman–Crippen LogP) is 5.77. The first kappa shape index (κ1) is 19.5. The van der Waals surface area contributed by atoms with Gasteiger partial charge in [0.1, 0.15) is 18.2 Å². The van der Waals surface area contributed by atoms with E-state index in [1.807, 2.05) is 37.3 Å². The Balaban J connectivity index is 1.46. The molecule has 0 aliphatic carbocycles. The molecule has 1 atom stereocenters. The Morgan fingerprint density at radius 3 is 2.66 bits per heavy atom. The summed E-state index contributed by atoms with van der Waals surface area (Å²) in [6, 6.07) is 18.6. The van der Waals surface area contributed by atoms with E-state index in [4.69, 9.17) is 9.47 Å². The third-order valence-electron chi connectivity index (χ3n) is 4.66. The Hall–Kier alpha value is -2.86. The molecular formula is C23H20FNO3S. The lowest BCUT2D eigenvalue weighted by molar-refractivity contribution is 0.266. The number of ether oxygens (including phenoxy) is 2. The Bertz CT molecular complexity index is 1080.